The second kappa shape index (κ2) is 8.52. The molecule has 3 aliphatic heterocycles. The van der Waals surface area contributed by atoms with E-state index in [0.29, 0.717) is 0 Å². The molecule has 0 aromatic heterocycles. The first kappa shape index (κ1) is 19.5. The van der Waals surface area contributed by atoms with Crippen molar-refractivity contribution in [3.05, 3.63) is 0 Å². The van der Waals surface area contributed by atoms with E-state index in [4.69, 9.17) is 0 Å². The number of nitrogens with zero attached hydrogens (tertiary/aromatic N) is 2. The fraction of sp³-hybridized carbons (Fsp3) is 0.889. The number of carbonyl (C=O) groups excluding carboxylic acids is 2. The Morgan fingerprint density at radius 3 is 2.17 bits per heavy atom. The molecule has 3 rings (SSSR count). The maximum atomic E-state index is 13.1. The van der Waals surface area contributed by atoms with E-state index in [9.17, 15) is 9.59 Å². The lowest BCUT2D eigenvalue weighted by atomic mass is 9.92. The van der Waals surface area contributed by atoms with Gasteiger partial charge in [0.25, 0.3) is 0 Å². The van der Waals surface area contributed by atoms with E-state index >= 15 is 0 Å². The summed E-state index contributed by atoms with van der Waals surface area (Å²) >= 11 is 0. The fourth-order valence-electron chi connectivity index (χ4n) is 4.43. The van der Waals surface area contributed by atoms with Crippen LogP contribution in [0.5, 0.6) is 0 Å². The predicted octanol–water partition coefficient (Wildman–Crippen LogP) is 1.90. The standard InChI is InChI=1S/C18H31N3O2.ClH/c1-13(2)17(22)21-8-4-3-5-16(21)18(23)20-9-6-14-11-19-12-15(14)7-10-20;/h13-16,19H,3-12H2,1-2H3;1H/t14-,15+,16?;. The van der Waals surface area contributed by atoms with Crippen LogP contribution >= 0.6 is 12.4 Å². The maximum Gasteiger partial charge on any atom is 0.245 e. The van der Waals surface area contributed by atoms with Crippen LogP contribution in [0.3, 0.4) is 0 Å². The third-order valence-corrected chi connectivity index (χ3v) is 5.90. The average Bonchev–Trinajstić information content (AvgIpc) is 2.92. The summed E-state index contributed by atoms with van der Waals surface area (Å²) < 4.78 is 0. The van der Waals surface area contributed by atoms with Crippen molar-refractivity contribution in [3.8, 4) is 0 Å². The first-order valence-electron chi connectivity index (χ1n) is 9.38. The van der Waals surface area contributed by atoms with Crippen molar-refractivity contribution in [1.82, 2.24) is 15.1 Å². The molecule has 0 aromatic carbocycles. The topological polar surface area (TPSA) is 52.7 Å². The molecule has 0 bridgehead atoms. The summed E-state index contributed by atoms with van der Waals surface area (Å²) in [6, 6.07) is -0.213. The van der Waals surface area contributed by atoms with E-state index in [1.165, 1.54) is 0 Å². The maximum absolute atomic E-state index is 13.1. The van der Waals surface area contributed by atoms with Crippen LogP contribution in [0.25, 0.3) is 0 Å². The Morgan fingerprint density at radius 1 is 0.958 bits per heavy atom. The Kier molecular flexibility index (Phi) is 6.93. The molecule has 3 saturated heterocycles. The summed E-state index contributed by atoms with van der Waals surface area (Å²) in [7, 11) is 0. The number of halogens is 1. The molecule has 1 N–H and O–H groups in total. The third kappa shape index (κ3) is 4.05. The zero-order valence-electron chi connectivity index (χ0n) is 15.0. The lowest BCUT2D eigenvalue weighted by Gasteiger charge is -2.38. The summed E-state index contributed by atoms with van der Waals surface area (Å²) in [6.07, 6.45) is 5.13. The lowest BCUT2D eigenvalue weighted by molar-refractivity contribution is -0.149. The van der Waals surface area contributed by atoms with Crippen molar-refractivity contribution >= 4 is 24.2 Å². The first-order valence-corrected chi connectivity index (χ1v) is 9.38. The molecule has 0 aromatic rings. The van der Waals surface area contributed by atoms with Gasteiger partial charge in [0.1, 0.15) is 6.04 Å². The summed E-state index contributed by atoms with van der Waals surface area (Å²) in [4.78, 5) is 29.5. The van der Waals surface area contributed by atoms with E-state index in [1.54, 1.807) is 0 Å². The van der Waals surface area contributed by atoms with Crippen LogP contribution in [-0.4, -0.2) is 60.4 Å². The average molecular weight is 358 g/mol. The molecule has 5 nitrogen and oxygen atoms in total. The van der Waals surface area contributed by atoms with Gasteiger partial charge in [0.05, 0.1) is 0 Å². The van der Waals surface area contributed by atoms with Crippen molar-refractivity contribution in [1.29, 1.82) is 0 Å². The molecule has 3 fully saturated rings. The molecule has 0 spiro atoms. The van der Waals surface area contributed by atoms with E-state index < -0.39 is 0 Å². The van der Waals surface area contributed by atoms with Gasteiger partial charge in [-0.2, -0.15) is 0 Å². The number of nitrogens with one attached hydrogen (secondary N) is 1. The molecule has 138 valence electrons. The van der Waals surface area contributed by atoms with Crippen LogP contribution < -0.4 is 5.32 Å². The number of piperidine rings is 1. The minimum absolute atomic E-state index is 0. The molecule has 3 heterocycles. The molecule has 3 atom stereocenters. The van der Waals surface area contributed by atoms with Crippen molar-refractivity contribution in [2.75, 3.05) is 32.7 Å². The Morgan fingerprint density at radius 2 is 1.58 bits per heavy atom. The molecule has 0 saturated carbocycles. The van der Waals surface area contributed by atoms with Gasteiger partial charge < -0.3 is 15.1 Å². The number of amides is 2. The van der Waals surface area contributed by atoms with Crippen LogP contribution in [-0.2, 0) is 9.59 Å². The second-order valence-corrected chi connectivity index (χ2v) is 7.78. The molecule has 6 heteroatoms. The Bertz CT molecular complexity index is 444. The van der Waals surface area contributed by atoms with Gasteiger partial charge in [-0.15, -0.1) is 12.4 Å². The Hall–Kier alpha value is -0.810. The number of hydrogen-bond acceptors (Lipinski definition) is 3. The number of carbonyl (C=O) groups is 2. The van der Waals surface area contributed by atoms with Crippen LogP contribution in [0.2, 0.25) is 0 Å². The van der Waals surface area contributed by atoms with Crippen LogP contribution in [0.4, 0.5) is 0 Å². The molecular weight excluding hydrogens is 326 g/mol. The fourth-order valence-corrected chi connectivity index (χ4v) is 4.43. The zero-order chi connectivity index (χ0) is 16.4. The first-order chi connectivity index (χ1) is 11.1. The molecule has 24 heavy (non-hydrogen) atoms. The van der Waals surface area contributed by atoms with Crippen LogP contribution in [0, 0.1) is 17.8 Å². The van der Waals surface area contributed by atoms with Crippen LogP contribution in [0.1, 0.15) is 46.0 Å². The summed E-state index contributed by atoms with van der Waals surface area (Å²) in [5, 5.41) is 3.48. The number of rotatable bonds is 2. The highest BCUT2D eigenvalue weighted by atomic mass is 35.5. The lowest BCUT2D eigenvalue weighted by Crippen LogP contribution is -2.54. The Balaban J connectivity index is 0.00000208. The SMILES string of the molecule is CC(C)C(=O)N1CCCCC1C(=O)N1CC[C@@H]2CNC[C@@H]2CC1.Cl. The smallest absolute Gasteiger partial charge is 0.245 e. The van der Waals surface area contributed by atoms with Gasteiger partial charge in [0.15, 0.2) is 0 Å². The Labute approximate surface area is 151 Å². The quantitative estimate of drug-likeness (QED) is 0.821. The minimum atomic E-state index is -0.213. The molecule has 1 unspecified atom stereocenters. The van der Waals surface area contributed by atoms with Gasteiger partial charge in [-0.1, -0.05) is 13.8 Å². The highest BCUT2D eigenvalue weighted by molar-refractivity contribution is 5.88. The summed E-state index contributed by atoms with van der Waals surface area (Å²) in [5.41, 5.74) is 0. The molecule has 3 aliphatic rings. The zero-order valence-corrected chi connectivity index (χ0v) is 15.8. The number of hydrogen-bond donors (Lipinski definition) is 1. The highest BCUT2D eigenvalue weighted by Crippen LogP contribution is 2.28. The summed E-state index contributed by atoms with van der Waals surface area (Å²) in [5.74, 6) is 1.77. The van der Waals surface area contributed by atoms with Crippen molar-refractivity contribution < 1.29 is 9.59 Å². The molecule has 0 radical (unpaired) electrons. The van der Waals surface area contributed by atoms with Gasteiger partial charge in [-0.3, -0.25) is 9.59 Å². The molecular formula is C18H32ClN3O2. The van der Waals surface area contributed by atoms with Crippen LogP contribution in [0.15, 0.2) is 0 Å². The second-order valence-electron chi connectivity index (χ2n) is 7.78. The van der Waals surface area contributed by atoms with Gasteiger partial charge in [0.2, 0.25) is 11.8 Å². The predicted molar refractivity (Wildman–Crippen MR) is 97.1 cm³/mol. The molecule has 2 amide bonds. The minimum Gasteiger partial charge on any atom is -0.341 e. The normalized spacial score (nSPS) is 30.5. The van der Waals surface area contributed by atoms with E-state index in [2.05, 4.69) is 10.2 Å². The molecule has 0 aliphatic carbocycles. The summed E-state index contributed by atoms with van der Waals surface area (Å²) in [6.45, 7) is 8.54. The van der Waals surface area contributed by atoms with Gasteiger partial charge >= 0.3 is 0 Å². The highest BCUT2D eigenvalue weighted by Gasteiger charge is 2.37. The van der Waals surface area contributed by atoms with E-state index in [-0.39, 0.29) is 36.2 Å². The largest absolute Gasteiger partial charge is 0.341 e. The number of likely N-dealkylation sites (tertiary alicyclic amines) is 2. The number of fused-ring (bicyclic) bond motifs is 1. The van der Waals surface area contributed by atoms with E-state index in [1.807, 2.05) is 18.7 Å². The van der Waals surface area contributed by atoms with E-state index in [0.717, 1.165) is 76.7 Å². The van der Waals surface area contributed by atoms with Crippen molar-refractivity contribution in [2.24, 2.45) is 17.8 Å². The monoisotopic (exact) mass is 357 g/mol. The van der Waals surface area contributed by atoms with Gasteiger partial charge in [-0.05, 0) is 57.0 Å². The van der Waals surface area contributed by atoms with Gasteiger partial charge in [0, 0.05) is 25.6 Å². The van der Waals surface area contributed by atoms with Crippen molar-refractivity contribution in [3.63, 3.8) is 0 Å². The third-order valence-electron chi connectivity index (χ3n) is 5.90. The van der Waals surface area contributed by atoms with Crippen molar-refractivity contribution in [2.45, 2.75) is 52.0 Å². The van der Waals surface area contributed by atoms with Gasteiger partial charge in [-0.25, -0.2) is 0 Å².